The maximum absolute atomic E-state index is 13.5. The zero-order valence-electron chi connectivity index (χ0n) is 18.9. The van der Waals surface area contributed by atoms with Gasteiger partial charge < -0.3 is 14.7 Å². The molecule has 0 atom stereocenters. The second kappa shape index (κ2) is 9.18. The molecule has 0 radical (unpaired) electrons. The van der Waals surface area contributed by atoms with E-state index in [1.165, 1.54) is 11.3 Å². The van der Waals surface area contributed by atoms with Crippen LogP contribution in [0.25, 0.3) is 11.3 Å². The third kappa shape index (κ3) is 4.10. The second-order valence-electron chi connectivity index (χ2n) is 8.18. The number of carbonyl (C=O) groups is 2. The van der Waals surface area contributed by atoms with Crippen molar-refractivity contribution in [2.45, 2.75) is 33.4 Å². The van der Waals surface area contributed by atoms with Crippen LogP contribution in [-0.4, -0.2) is 38.4 Å². The molecule has 5 rings (SSSR count). The summed E-state index contributed by atoms with van der Waals surface area (Å²) in [6.45, 7) is 5.09. The lowest BCUT2D eigenvalue weighted by Gasteiger charge is -2.30. The van der Waals surface area contributed by atoms with Crippen molar-refractivity contribution in [1.29, 1.82) is 0 Å². The monoisotopic (exact) mass is 473 g/mol. The Bertz CT molecular complexity index is 1350. The zero-order valence-corrected chi connectivity index (χ0v) is 19.7. The molecule has 1 aliphatic heterocycles. The summed E-state index contributed by atoms with van der Waals surface area (Å²) in [6.07, 6.45) is 4.07. The highest BCUT2D eigenvalue weighted by atomic mass is 32.1. The lowest BCUT2D eigenvalue weighted by atomic mass is 9.94. The van der Waals surface area contributed by atoms with E-state index in [-0.39, 0.29) is 11.8 Å². The van der Waals surface area contributed by atoms with Gasteiger partial charge in [0.15, 0.2) is 0 Å². The Morgan fingerprint density at radius 2 is 2.00 bits per heavy atom. The molecule has 4 heterocycles. The van der Waals surface area contributed by atoms with Crippen molar-refractivity contribution in [2.75, 3.05) is 6.54 Å². The standard InChI is InChI=1S/C25H23N5O3S/c1-15-20(11-28-24(31)21-12-26-14-34-21)19-8-9-30(13-18(19)10-27-15)25(32)22-16(2)33-29-23(22)17-6-4-3-5-7-17/h3-7,10,12,14H,8-9,11,13H2,1-2H3,(H,28,31). The summed E-state index contributed by atoms with van der Waals surface area (Å²) < 4.78 is 5.40. The predicted molar refractivity (Wildman–Crippen MR) is 127 cm³/mol. The van der Waals surface area contributed by atoms with Crippen LogP contribution < -0.4 is 5.32 Å². The molecule has 2 amide bonds. The van der Waals surface area contributed by atoms with Gasteiger partial charge >= 0.3 is 0 Å². The number of rotatable bonds is 5. The van der Waals surface area contributed by atoms with Crippen LogP contribution in [-0.2, 0) is 19.5 Å². The van der Waals surface area contributed by atoms with E-state index in [1.54, 1.807) is 18.6 Å². The van der Waals surface area contributed by atoms with Crippen LogP contribution in [0.1, 0.15) is 48.2 Å². The Morgan fingerprint density at radius 3 is 2.76 bits per heavy atom. The number of amides is 2. The number of fused-ring (bicyclic) bond motifs is 1. The van der Waals surface area contributed by atoms with Crippen molar-refractivity contribution < 1.29 is 14.1 Å². The van der Waals surface area contributed by atoms with Crippen molar-refractivity contribution in [3.63, 3.8) is 0 Å². The molecular weight excluding hydrogens is 450 g/mol. The van der Waals surface area contributed by atoms with Gasteiger partial charge in [0.05, 0.1) is 11.7 Å². The van der Waals surface area contributed by atoms with E-state index in [4.69, 9.17) is 4.52 Å². The number of hydrogen-bond donors (Lipinski definition) is 1. The molecule has 34 heavy (non-hydrogen) atoms. The van der Waals surface area contributed by atoms with Crippen LogP contribution in [0.5, 0.6) is 0 Å². The van der Waals surface area contributed by atoms with E-state index in [2.05, 4.69) is 20.4 Å². The van der Waals surface area contributed by atoms with E-state index in [1.807, 2.05) is 48.4 Å². The molecule has 0 fully saturated rings. The normalized spacial score (nSPS) is 12.9. The molecule has 3 aromatic heterocycles. The number of aromatic nitrogens is 3. The maximum atomic E-state index is 13.5. The molecule has 1 aromatic carbocycles. The Labute approximate surface area is 200 Å². The topological polar surface area (TPSA) is 101 Å². The van der Waals surface area contributed by atoms with Gasteiger partial charge in [-0.05, 0) is 37.0 Å². The summed E-state index contributed by atoms with van der Waals surface area (Å²) in [6, 6.07) is 9.58. The van der Waals surface area contributed by atoms with Crippen molar-refractivity contribution in [3.05, 3.63) is 86.8 Å². The molecule has 0 spiro atoms. The second-order valence-corrected chi connectivity index (χ2v) is 9.07. The number of benzene rings is 1. The van der Waals surface area contributed by atoms with Crippen molar-refractivity contribution in [2.24, 2.45) is 0 Å². The summed E-state index contributed by atoms with van der Waals surface area (Å²) in [7, 11) is 0. The minimum absolute atomic E-state index is 0.108. The first kappa shape index (κ1) is 22.0. The molecule has 8 nitrogen and oxygen atoms in total. The van der Waals surface area contributed by atoms with E-state index in [0.717, 1.165) is 27.9 Å². The van der Waals surface area contributed by atoms with Gasteiger partial charge in [0.2, 0.25) is 0 Å². The molecule has 9 heteroatoms. The van der Waals surface area contributed by atoms with Gasteiger partial charge in [-0.25, -0.2) is 0 Å². The molecule has 0 unspecified atom stereocenters. The highest BCUT2D eigenvalue weighted by molar-refractivity contribution is 7.11. The Kier molecular flexibility index (Phi) is 5.93. The van der Waals surface area contributed by atoms with Crippen LogP contribution in [0.4, 0.5) is 0 Å². The number of aryl methyl sites for hydroxylation is 2. The summed E-state index contributed by atoms with van der Waals surface area (Å²) in [5.74, 6) is 0.246. The first-order chi connectivity index (χ1) is 16.5. The van der Waals surface area contributed by atoms with E-state index in [9.17, 15) is 9.59 Å². The Balaban J connectivity index is 1.37. The molecule has 0 aliphatic carbocycles. The molecule has 1 aliphatic rings. The first-order valence-corrected chi connectivity index (χ1v) is 11.8. The third-order valence-corrected chi connectivity index (χ3v) is 6.86. The number of nitrogens with zero attached hydrogens (tertiary/aromatic N) is 4. The fourth-order valence-electron chi connectivity index (χ4n) is 4.29. The van der Waals surface area contributed by atoms with Crippen LogP contribution in [0.15, 0.2) is 52.8 Å². The van der Waals surface area contributed by atoms with Crippen LogP contribution in [0.2, 0.25) is 0 Å². The van der Waals surface area contributed by atoms with Crippen molar-refractivity contribution >= 4 is 23.2 Å². The number of hydrogen-bond acceptors (Lipinski definition) is 7. The maximum Gasteiger partial charge on any atom is 0.263 e. The molecule has 1 N–H and O–H groups in total. The molecule has 172 valence electrons. The molecule has 4 aromatic rings. The summed E-state index contributed by atoms with van der Waals surface area (Å²) in [4.78, 5) is 36.8. The lowest BCUT2D eigenvalue weighted by molar-refractivity contribution is 0.0733. The number of carbonyl (C=O) groups excluding carboxylic acids is 2. The fourth-order valence-corrected chi connectivity index (χ4v) is 4.82. The van der Waals surface area contributed by atoms with Gasteiger partial charge in [-0.3, -0.25) is 19.6 Å². The average Bonchev–Trinajstić information content (AvgIpc) is 3.53. The molecular formula is C25H23N5O3S. The van der Waals surface area contributed by atoms with Crippen LogP contribution >= 0.6 is 11.3 Å². The molecule has 0 saturated carbocycles. The predicted octanol–water partition coefficient (Wildman–Crippen LogP) is 3.94. The van der Waals surface area contributed by atoms with Crippen molar-refractivity contribution in [1.82, 2.24) is 25.3 Å². The van der Waals surface area contributed by atoms with Crippen molar-refractivity contribution in [3.8, 4) is 11.3 Å². The van der Waals surface area contributed by atoms with E-state index < -0.39 is 0 Å². The highest BCUT2D eigenvalue weighted by Crippen LogP contribution is 2.30. The van der Waals surface area contributed by atoms with Gasteiger partial charge in [-0.2, -0.15) is 0 Å². The van der Waals surface area contributed by atoms with Crippen LogP contribution in [0, 0.1) is 13.8 Å². The summed E-state index contributed by atoms with van der Waals surface area (Å²) in [5.41, 5.74) is 7.55. The largest absolute Gasteiger partial charge is 0.360 e. The van der Waals surface area contributed by atoms with Gasteiger partial charge in [0.25, 0.3) is 11.8 Å². The Hall–Kier alpha value is -3.85. The highest BCUT2D eigenvalue weighted by Gasteiger charge is 2.30. The van der Waals surface area contributed by atoms with Gasteiger partial charge in [0.1, 0.15) is 21.9 Å². The number of thiazole rings is 1. The molecule has 0 bridgehead atoms. The van der Waals surface area contributed by atoms with Gasteiger partial charge in [-0.1, -0.05) is 35.5 Å². The minimum atomic E-state index is -0.150. The first-order valence-electron chi connectivity index (χ1n) is 11.0. The summed E-state index contributed by atoms with van der Waals surface area (Å²) >= 11 is 1.31. The van der Waals surface area contributed by atoms with E-state index in [0.29, 0.717) is 47.9 Å². The fraction of sp³-hybridized carbons (Fsp3) is 0.240. The number of nitrogens with one attached hydrogen (secondary N) is 1. The zero-order chi connectivity index (χ0) is 23.7. The van der Waals surface area contributed by atoms with Gasteiger partial charge in [0, 0.05) is 37.1 Å². The molecule has 0 saturated heterocycles. The lowest BCUT2D eigenvalue weighted by Crippen LogP contribution is -2.37. The van der Waals surface area contributed by atoms with E-state index >= 15 is 0 Å². The number of pyridine rings is 1. The minimum Gasteiger partial charge on any atom is -0.360 e. The SMILES string of the molecule is Cc1ncc2c(c1CNC(=O)c1cncs1)CCN(C(=O)c1c(-c3ccccc3)noc1C)C2. The van der Waals surface area contributed by atoms with Gasteiger partial charge in [-0.15, -0.1) is 11.3 Å². The Morgan fingerprint density at radius 1 is 1.18 bits per heavy atom. The van der Waals surface area contributed by atoms with Crippen LogP contribution in [0.3, 0.4) is 0 Å². The quantitative estimate of drug-likeness (QED) is 0.471. The average molecular weight is 474 g/mol. The summed E-state index contributed by atoms with van der Waals surface area (Å²) in [5, 5.41) is 7.13. The third-order valence-electron chi connectivity index (χ3n) is 6.09. The smallest absolute Gasteiger partial charge is 0.263 e.